The second-order valence-corrected chi connectivity index (χ2v) is 5.58. The van der Waals surface area contributed by atoms with Crippen LogP contribution in [0.3, 0.4) is 0 Å². The highest BCUT2D eigenvalue weighted by Gasteiger charge is 2.34. The fourth-order valence-corrected chi connectivity index (χ4v) is 2.18. The van der Waals surface area contributed by atoms with Crippen LogP contribution < -0.4 is 4.74 Å². The van der Waals surface area contributed by atoms with Gasteiger partial charge in [0.1, 0.15) is 5.75 Å². The van der Waals surface area contributed by atoms with Crippen LogP contribution in [0.1, 0.15) is 17.3 Å². The minimum atomic E-state index is -4.82. The van der Waals surface area contributed by atoms with Crippen LogP contribution in [0.4, 0.5) is 13.2 Å². The van der Waals surface area contributed by atoms with Gasteiger partial charge in [0.25, 0.3) is 0 Å². The molecule has 0 saturated carbocycles. The molecule has 7 heteroatoms. The van der Waals surface area contributed by atoms with E-state index in [-0.39, 0.29) is 5.56 Å². The van der Waals surface area contributed by atoms with Gasteiger partial charge in [-0.25, -0.2) is 0 Å². The van der Waals surface area contributed by atoms with Crippen molar-refractivity contribution in [3.8, 4) is 5.75 Å². The van der Waals surface area contributed by atoms with E-state index in [2.05, 4.69) is 20.7 Å². The van der Waals surface area contributed by atoms with Gasteiger partial charge in [-0.1, -0.05) is 22.0 Å². The van der Waals surface area contributed by atoms with Gasteiger partial charge in [-0.15, -0.1) is 24.9 Å². The van der Waals surface area contributed by atoms with Crippen LogP contribution in [-0.2, 0) is 0 Å². The quantitative estimate of drug-likeness (QED) is 0.464. The highest BCUT2D eigenvalue weighted by molar-refractivity contribution is 9.10. The first kappa shape index (κ1) is 15.4. The monoisotopic (exact) mass is 342 g/mol. The van der Waals surface area contributed by atoms with Crippen molar-refractivity contribution in [2.45, 2.75) is 23.0 Å². The van der Waals surface area contributed by atoms with Gasteiger partial charge >= 0.3 is 6.36 Å². The first-order valence-corrected chi connectivity index (χ1v) is 7.01. The molecule has 0 saturated heterocycles. The Morgan fingerprint density at radius 2 is 2.06 bits per heavy atom. The van der Waals surface area contributed by atoms with Crippen molar-refractivity contribution in [2.24, 2.45) is 0 Å². The summed E-state index contributed by atoms with van der Waals surface area (Å²) in [5.41, 5.74) is -0.0494. The number of benzene rings is 1. The van der Waals surface area contributed by atoms with Gasteiger partial charge in [-0.2, -0.15) is 0 Å². The smallest absolute Gasteiger partial charge is 0.405 e. The first-order valence-electron chi connectivity index (χ1n) is 4.87. The zero-order valence-corrected chi connectivity index (χ0v) is 11.9. The zero-order chi connectivity index (χ0) is 13.9. The average Bonchev–Trinajstić information content (AvgIpc) is 2.25. The van der Waals surface area contributed by atoms with E-state index >= 15 is 0 Å². The van der Waals surface area contributed by atoms with Gasteiger partial charge < -0.3 is 4.74 Å². The number of thioether (sulfide) groups is 1. The minimum absolute atomic E-state index is 0.0494. The molecule has 0 fully saturated rings. The lowest BCUT2D eigenvalue weighted by Gasteiger charge is -2.15. The molecule has 0 aromatic heterocycles. The Hall–Kier alpha value is -0.690. The number of carbonyl (C=O) groups excluding carboxylic acids is 1. The normalized spacial score (nSPS) is 13.2. The van der Waals surface area contributed by atoms with Crippen LogP contribution in [0.15, 0.2) is 23.1 Å². The highest BCUT2D eigenvalue weighted by Crippen LogP contribution is 2.34. The molecule has 0 bridgehead atoms. The molecule has 0 radical (unpaired) electrons. The first-order chi connectivity index (χ1) is 8.26. The summed E-state index contributed by atoms with van der Waals surface area (Å²) in [5.74, 6) is -0.912. The Kier molecular flexibility index (Phi) is 5.10. The fourth-order valence-electron chi connectivity index (χ4n) is 1.33. The summed E-state index contributed by atoms with van der Waals surface area (Å²) in [6.45, 7) is 1.55. The predicted octanol–water partition coefficient (Wildman–Crippen LogP) is 4.27. The summed E-state index contributed by atoms with van der Waals surface area (Å²) >= 11 is 4.25. The molecule has 0 aliphatic heterocycles. The van der Waals surface area contributed by atoms with Gasteiger partial charge in [0.15, 0.2) is 5.78 Å². The fraction of sp³-hybridized carbons (Fsp3) is 0.364. The summed E-state index contributed by atoms with van der Waals surface area (Å²) < 4.78 is 40.7. The third kappa shape index (κ3) is 3.91. The van der Waals surface area contributed by atoms with Crippen LogP contribution in [0.2, 0.25) is 0 Å². The zero-order valence-electron chi connectivity index (χ0n) is 9.55. The molecule has 0 aliphatic rings. The number of ketones is 1. The largest absolute Gasteiger partial charge is 0.573 e. The Morgan fingerprint density at radius 3 is 2.50 bits per heavy atom. The van der Waals surface area contributed by atoms with E-state index in [0.29, 0.717) is 4.90 Å². The van der Waals surface area contributed by atoms with Gasteiger partial charge in [-0.05, 0) is 25.3 Å². The minimum Gasteiger partial charge on any atom is -0.405 e. The molecule has 0 heterocycles. The van der Waals surface area contributed by atoms with Crippen molar-refractivity contribution in [1.29, 1.82) is 0 Å². The average molecular weight is 343 g/mol. The summed E-state index contributed by atoms with van der Waals surface area (Å²) in [4.78, 5) is 11.8. The number of alkyl halides is 4. The van der Waals surface area contributed by atoms with E-state index in [4.69, 9.17) is 0 Å². The van der Waals surface area contributed by atoms with Crippen LogP contribution in [0.5, 0.6) is 5.75 Å². The van der Waals surface area contributed by atoms with Crippen molar-refractivity contribution in [2.75, 3.05) is 6.26 Å². The number of rotatable bonds is 4. The van der Waals surface area contributed by atoms with Crippen LogP contribution in [0.25, 0.3) is 0 Å². The lowest BCUT2D eigenvalue weighted by atomic mass is 10.1. The molecule has 1 atom stereocenters. The lowest BCUT2D eigenvalue weighted by Crippen LogP contribution is -2.21. The number of carbonyl (C=O) groups is 1. The van der Waals surface area contributed by atoms with Crippen molar-refractivity contribution >= 4 is 33.5 Å². The summed E-state index contributed by atoms with van der Waals surface area (Å²) in [7, 11) is 0. The van der Waals surface area contributed by atoms with Gasteiger partial charge in [0.2, 0.25) is 0 Å². The Morgan fingerprint density at radius 1 is 1.44 bits per heavy atom. The maximum absolute atomic E-state index is 12.3. The Labute approximate surface area is 115 Å². The molecule has 18 heavy (non-hydrogen) atoms. The van der Waals surface area contributed by atoms with Gasteiger partial charge in [0.05, 0.1) is 10.4 Å². The maximum Gasteiger partial charge on any atom is 0.573 e. The molecule has 0 spiro atoms. The van der Waals surface area contributed by atoms with Crippen molar-refractivity contribution < 1.29 is 22.7 Å². The van der Waals surface area contributed by atoms with Crippen LogP contribution in [0, 0.1) is 0 Å². The molecule has 1 rings (SSSR count). The summed E-state index contributed by atoms with van der Waals surface area (Å²) in [6.07, 6.45) is -3.13. The maximum atomic E-state index is 12.3. The molecule has 2 nitrogen and oxygen atoms in total. The highest BCUT2D eigenvalue weighted by atomic mass is 79.9. The molecular formula is C11H10BrF3O2S. The lowest BCUT2D eigenvalue weighted by molar-refractivity contribution is -0.274. The second kappa shape index (κ2) is 5.97. The topological polar surface area (TPSA) is 26.3 Å². The van der Waals surface area contributed by atoms with E-state index in [1.165, 1.54) is 17.8 Å². The van der Waals surface area contributed by atoms with Crippen molar-refractivity contribution in [3.63, 3.8) is 0 Å². The molecule has 1 unspecified atom stereocenters. The van der Waals surface area contributed by atoms with E-state index in [9.17, 15) is 18.0 Å². The molecular weight excluding hydrogens is 333 g/mol. The molecule has 0 aliphatic carbocycles. The SMILES string of the molecule is CSc1cccc(OC(F)(F)F)c1C(=O)C(C)Br. The summed E-state index contributed by atoms with van der Waals surface area (Å²) in [5, 5.41) is 0. The summed E-state index contributed by atoms with van der Waals surface area (Å²) in [6, 6.07) is 4.13. The third-order valence-electron chi connectivity index (χ3n) is 2.04. The van der Waals surface area contributed by atoms with Gasteiger partial charge in [0, 0.05) is 4.90 Å². The van der Waals surface area contributed by atoms with E-state index in [0.717, 1.165) is 6.07 Å². The number of Topliss-reactive ketones (excluding diaryl/α,β-unsaturated/α-hetero) is 1. The second-order valence-electron chi connectivity index (χ2n) is 3.36. The van der Waals surface area contributed by atoms with E-state index < -0.39 is 22.7 Å². The number of hydrogen-bond donors (Lipinski definition) is 0. The van der Waals surface area contributed by atoms with Gasteiger partial charge in [-0.3, -0.25) is 4.79 Å². The molecule has 1 aromatic carbocycles. The Bertz CT molecular complexity index is 446. The van der Waals surface area contributed by atoms with Crippen molar-refractivity contribution in [1.82, 2.24) is 0 Å². The van der Waals surface area contributed by atoms with Crippen LogP contribution >= 0.6 is 27.7 Å². The predicted molar refractivity (Wildman–Crippen MR) is 67.6 cm³/mol. The number of ether oxygens (including phenoxy) is 1. The number of halogens is 4. The molecule has 100 valence electrons. The Balaban J connectivity index is 3.29. The van der Waals surface area contributed by atoms with E-state index in [1.807, 2.05) is 0 Å². The molecule has 0 N–H and O–H groups in total. The van der Waals surface area contributed by atoms with Crippen LogP contribution in [-0.4, -0.2) is 23.2 Å². The van der Waals surface area contributed by atoms with Crippen molar-refractivity contribution in [3.05, 3.63) is 23.8 Å². The van der Waals surface area contributed by atoms with E-state index in [1.54, 1.807) is 19.2 Å². The standard InChI is InChI=1S/C11H10BrF3O2S/c1-6(12)10(16)9-7(17-11(13,14)15)4-3-5-8(9)18-2/h3-6H,1-2H3. The molecule has 0 amide bonds. The third-order valence-corrected chi connectivity index (χ3v) is 3.24. The molecule has 1 aromatic rings. The number of hydrogen-bond acceptors (Lipinski definition) is 3.